The number of carbonyl (C=O) groups excluding carboxylic acids is 2. The van der Waals surface area contributed by atoms with Gasteiger partial charge in [-0.25, -0.2) is 4.79 Å². The number of aryl methyl sites for hydroxylation is 1. The molecule has 154 valence electrons. The van der Waals surface area contributed by atoms with E-state index in [1.54, 1.807) is 50.3 Å². The van der Waals surface area contributed by atoms with Crippen molar-refractivity contribution in [1.82, 2.24) is 5.32 Å². The van der Waals surface area contributed by atoms with Crippen molar-refractivity contribution in [3.8, 4) is 11.5 Å². The van der Waals surface area contributed by atoms with Crippen LogP contribution < -0.4 is 14.8 Å². The largest absolute Gasteiger partial charge is 0.497 e. The molecule has 7 heteroatoms. The van der Waals surface area contributed by atoms with E-state index in [2.05, 4.69) is 17.4 Å². The monoisotopic (exact) mass is 415 g/mol. The maximum absolute atomic E-state index is 11.9. The maximum Gasteiger partial charge on any atom is 0.331 e. The molecule has 0 fully saturated rings. The number of thioether (sulfide) groups is 1. The molecule has 2 aromatic rings. The van der Waals surface area contributed by atoms with Crippen LogP contribution in [0.5, 0.6) is 11.5 Å². The fourth-order valence-electron chi connectivity index (χ4n) is 2.36. The van der Waals surface area contributed by atoms with E-state index in [4.69, 9.17) is 14.2 Å². The Morgan fingerprint density at radius 2 is 1.83 bits per heavy atom. The van der Waals surface area contributed by atoms with Gasteiger partial charge in [-0.2, -0.15) is 0 Å². The minimum Gasteiger partial charge on any atom is -0.497 e. The third-order valence-electron chi connectivity index (χ3n) is 3.90. The third-order valence-corrected chi connectivity index (χ3v) is 4.91. The van der Waals surface area contributed by atoms with Crippen molar-refractivity contribution < 1.29 is 23.8 Å². The smallest absolute Gasteiger partial charge is 0.331 e. The predicted octanol–water partition coefficient (Wildman–Crippen LogP) is 3.48. The van der Waals surface area contributed by atoms with Crippen molar-refractivity contribution in [2.75, 3.05) is 33.1 Å². The van der Waals surface area contributed by atoms with Gasteiger partial charge in [-0.05, 0) is 43.3 Å². The van der Waals surface area contributed by atoms with Crippen LogP contribution in [-0.2, 0) is 14.3 Å². The molecule has 0 aromatic heterocycles. The number of hydrogen-bond acceptors (Lipinski definition) is 6. The van der Waals surface area contributed by atoms with Crippen molar-refractivity contribution in [1.29, 1.82) is 0 Å². The van der Waals surface area contributed by atoms with E-state index in [1.807, 2.05) is 19.1 Å². The van der Waals surface area contributed by atoms with Gasteiger partial charge in [0.1, 0.15) is 11.5 Å². The number of amides is 1. The summed E-state index contributed by atoms with van der Waals surface area (Å²) in [4.78, 5) is 24.8. The molecule has 0 atom stereocenters. The molecular weight excluding hydrogens is 390 g/mol. The second kappa shape index (κ2) is 11.8. The zero-order valence-electron chi connectivity index (χ0n) is 16.8. The Bertz CT molecular complexity index is 849. The van der Waals surface area contributed by atoms with Crippen LogP contribution in [0.15, 0.2) is 53.4 Å². The summed E-state index contributed by atoms with van der Waals surface area (Å²) in [6, 6.07) is 13.4. The molecule has 0 bridgehead atoms. The first kappa shape index (κ1) is 22.4. The molecule has 0 aliphatic heterocycles. The number of nitrogens with one attached hydrogen (secondary N) is 1. The summed E-state index contributed by atoms with van der Waals surface area (Å²) in [5, 5.41) is 2.73. The number of rotatable bonds is 10. The number of benzene rings is 2. The molecule has 2 rings (SSSR count). The molecule has 0 spiro atoms. The zero-order valence-corrected chi connectivity index (χ0v) is 17.6. The van der Waals surface area contributed by atoms with Gasteiger partial charge in [0.2, 0.25) is 0 Å². The van der Waals surface area contributed by atoms with Crippen LogP contribution in [0.1, 0.15) is 11.1 Å². The SMILES string of the molecule is COc1ccc(OC)c(/C=C/C(=O)OCC(=O)NCCSc2ccc(C)cc2)c1. The fraction of sp³-hybridized carbons (Fsp3) is 0.273. The van der Waals surface area contributed by atoms with E-state index in [9.17, 15) is 9.59 Å². The highest BCUT2D eigenvalue weighted by molar-refractivity contribution is 7.99. The molecule has 29 heavy (non-hydrogen) atoms. The van der Waals surface area contributed by atoms with Crippen molar-refractivity contribution in [2.45, 2.75) is 11.8 Å². The molecular formula is C22H25NO5S. The van der Waals surface area contributed by atoms with E-state index in [0.717, 1.165) is 10.6 Å². The van der Waals surface area contributed by atoms with Gasteiger partial charge in [0.15, 0.2) is 6.61 Å². The number of hydrogen-bond donors (Lipinski definition) is 1. The van der Waals surface area contributed by atoms with Gasteiger partial charge in [0.25, 0.3) is 5.91 Å². The van der Waals surface area contributed by atoms with Crippen LogP contribution in [0.4, 0.5) is 0 Å². The third kappa shape index (κ3) is 7.91. The highest BCUT2D eigenvalue weighted by atomic mass is 32.2. The van der Waals surface area contributed by atoms with Crippen molar-refractivity contribution in [2.24, 2.45) is 0 Å². The molecule has 1 N–H and O–H groups in total. The lowest BCUT2D eigenvalue weighted by Gasteiger charge is -2.07. The predicted molar refractivity (Wildman–Crippen MR) is 114 cm³/mol. The summed E-state index contributed by atoms with van der Waals surface area (Å²) in [6.45, 7) is 2.21. The van der Waals surface area contributed by atoms with Crippen LogP contribution in [0.25, 0.3) is 6.08 Å². The minimum absolute atomic E-state index is 0.326. The topological polar surface area (TPSA) is 73.9 Å². The Hall–Kier alpha value is -2.93. The van der Waals surface area contributed by atoms with Gasteiger partial charge in [-0.15, -0.1) is 11.8 Å². The van der Waals surface area contributed by atoms with Crippen LogP contribution in [0.2, 0.25) is 0 Å². The summed E-state index contributed by atoms with van der Waals surface area (Å²) in [5.74, 6) is 1.02. The Morgan fingerprint density at radius 1 is 1.07 bits per heavy atom. The van der Waals surface area contributed by atoms with Crippen LogP contribution in [0.3, 0.4) is 0 Å². The lowest BCUT2D eigenvalue weighted by Crippen LogP contribution is -2.30. The first-order valence-electron chi connectivity index (χ1n) is 9.05. The maximum atomic E-state index is 11.9. The summed E-state index contributed by atoms with van der Waals surface area (Å²) >= 11 is 1.65. The lowest BCUT2D eigenvalue weighted by molar-refractivity contribution is -0.143. The highest BCUT2D eigenvalue weighted by Gasteiger charge is 2.06. The van der Waals surface area contributed by atoms with Crippen molar-refractivity contribution in [3.63, 3.8) is 0 Å². The quantitative estimate of drug-likeness (QED) is 0.277. The molecule has 0 saturated heterocycles. The van der Waals surface area contributed by atoms with Gasteiger partial charge >= 0.3 is 5.97 Å². The van der Waals surface area contributed by atoms with E-state index >= 15 is 0 Å². The van der Waals surface area contributed by atoms with Gasteiger partial charge in [-0.1, -0.05) is 17.7 Å². The number of methoxy groups -OCH3 is 2. The normalized spacial score (nSPS) is 10.6. The van der Waals surface area contributed by atoms with Gasteiger partial charge < -0.3 is 19.5 Å². The fourth-order valence-corrected chi connectivity index (χ4v) is 3.13. The molecule has 0 aliphatic rings. The molecule has 0 unspecified atom stereocenters. The Balaban J connectivity index is 1.71. The Labute approximate surface area is 175 Å². The summed E-state index contributed by atoms with van der Waals surface area (Å²) in [6.07, 6.45) is 2.80. The molecule has 0 radical (unpaired) electrons. The second-order valence-electron chi connectivity index (χ2n) is 6.06. The average molecular weight is 416 g/mol. The summed E-state index contributed by atoms with van der Waals surface area (Å²) in [5.41, 5.74) is 1.88. The molecule has 0 aliphatic carbocycles. The Kier molecular flexibility index (Phi) is 9.11. The number of ether oxygens (including phenoxy) is 3. The molecule has 1 amide bonds. The first-order valence-corrected chi connectivity index (χ1v) is 10.0. The molecule has 0 saturated carbocycles. The molecule has 6 nitrogen and oxygen atoms in total. The Morgan fingerprint density at radius 3 is 2.52 bits per heavy atom. The highest BCUT2D eigenvalue weighted by Crippen LogP contribution is 2.25. The van der Waals surface area contributed by atoms with Gasteiger partial charge in [-0.3, -0.25) is 4.79 Å². The van der Waals surface area contributed by atoms with E-state index in [0.29, 0.717) is 23.6 Å². The number of carbonyl (C=O) groups is 2. The van der Waals surface area contributed by atoms with Crippen molar-refractivity contribution >= 4 is 29.7 Å². The van der Waals surface area contributed by atoms with Crippen molar-refractivity contribution in [3.05, 3.63) is 59.7 Å². The summed E-state index contributed by atoms with van der Waals surface area (Å²) < 4.78 is 15.4. The minimum atomic E-state index is -0.612. The lowest BCUT2D eigenvalue weighted by atomic mass is 10.1. The second-order valence-corrected chi connectivity index (χ2v) is 7.23. The van der Waals surface area contributed by atoms with Crippen LogP contribution >= 0.6 is 11.8 Å². The first-order chi connectivity index (χ1) is 14.0. The molecule has 0 heterocycles. The number of esters is 1. The molecule has 2 aromatic carbocycles. The summed E-state index contributed by atoms with van der Waals surface area (Å²) in [7, 11) is 3.10. The standard InChI is InChI=1S/C22H25NO5S/c1-16-4-8-19(9-5-16)29-13-12-23-21(24)15-28-22(25)11-6-17-14-18(26-2)7-10-20(17)27-3/h4-11,14H,12-13,15H2,1-3H3,(H,23,24)/b11-6+. The zero-order chi connectivity index (χ0) is 21.1. The van der Waals surface area contributed by atoms with Gasteiger partial charge in [0.05, 0.1) is 14.2 Å². The van der Waals surface area contributed by atoms with E-state index in [-0.39, 0.29) is 12.5 Å². The van der Waals surface area contributed by atoms with Crippen LogP contribution in [-0.4, -0.2) is 45.0 Å². The van der Waals surface area contributed by atoms with E-state index in [1.165, 1.54) is 11.6 Å². The van der Waals surface area contributed by atoms with Crippen LogP contribution in [0, 0.1) is 6.92 Å². The average Bonchev–Trinajstić information content (AvgIpc) is 2.74. The van der Waals surface area contributed by atoms with Gasteiger partial charge in [0, 0.05) is 28.8 Å². The van der Waals surface area contributed by atoms with E-state index < -0.39 is 5.97 Å².